The molecule has 0 bridgehead atoms. The first-order valence-corrected chi connectivity index (χ1v) is 7.33. The Kier molecular flexibility index (Phi) is 7.07. The Morgan fingerprint density at radius 3 is 2.69 bits per heavy atom. The largest absolute Gasteiger partial charge is 0.385 e. The van der Waals surface area contributed by atoms with Gasteiger partial charge in [-0.2, -0.15) is 11.8 Å². The summed E-state index contributed by atoms with van der Waals surface area (Å²) in [6, 6.07) is 7.70. The highest BCUT2D eigenvalue weighted by atomic mass is 127. The molecule has 88 valence electrons. The summed E-state index contributed by atoms with van der Waals surface area (Å²) < 4.78 is 6.10. The molecule has 0 radical (unpaired) electrons. The van der Waals surface area contributed by atoms with Crippen molar-refractivity contribution in [3.63, 3.8) is 0 Å². The predicted molar refractivity (Wildman–Crippen MR) is 77.3 cm³/mol. The van der Waals surface area contributed by atoms with Crippen molar-refractivity contribution < 1.29 is 9.53 Å². The first kappa shape index (κ1) is 14.0. The second kappa shape index (κ2) is 8.08. The number of halogens is 1. The van der Waals surface area contributed by atoms with Gasteiger partial charge in [-0.15, -0.1) is 0 Å². The van der Waals surface area contributed by atoms with Crippen LogP contribution < -0.4 is 0 Å². The average molecular weight is 350 g/mol. The van der Waals surface area contributed by atoms with E-state index in [9.17, 15) is 4.79 Å². The summed E-state index contributed by atoms with van der Waals surface area (Å²) >= 11 is 3.90. The second-order valence-corrected chi connectivity index (χ2v) is 5.68. The maximum absolute atomic E-state index is 11.7. The summed E-state index contributed by atoms with van der Waals surface area (Å²) in [5.41, 5.74) is 0.805. The quantitative estimate of drug-likeness (QED) is 0.429. The number of thioether (sulfide) groups is 1. The maximum atomic E-state index is 11.7. The molecule has 4 heteroatoms. The Bertz CT molecular complexity index is 324. The van der Waals surface area contributed by atoms with Crippen LogP contribution >= 0.6 is 34.4 Å². The van der Waals surface area contributed by atoms with E-state index in [1.807, 2.05) is 24.3 Å². The predicted octanol–water partition coefficient (Wildman–Crippen LogP) is 3.24. The van der Waals surface area contributed by atoms with Gasteiger partial charge in [-0.25, -0.2) is 0 Å². The monoisotopic (exact) mass is 350 g/mol. The van der Waals surface area contributed by atoms with Gasteiger partial charge in [-0.1, -0.05) is 12.1 Å². The van der Waals surface area contributed by atoms with Crippen molar-refractivity contribution in [3.8, 4) is 0 Å². The molecule has 0 aliphatic rings. The number of hydrogen-bond acceptors (Lipinski definition) is 3. The topological polar surface area (TPSA) is 26.3 Å². The van der Waals surface area contributed by atoms with Crippen molar-refractivity contribution in [2.24, 2.45) is 0 Å². The van der Waals surface area contributed by atoms with Crippen LogP contribution in [0.5, 0.6) is 0 Å². The molecule has 0 saturated heterocycles. The molecule has 0 N–H and O–H groups in total. The fourth-order valence-electron chi connectivity index (χ4n) is 1.19. The van der Waals surface area contributed by atoms with Crippen LogP contribution in [-0.4, -0.2) is 31.0 Å². The van der Waals surface area contributed by atoms with Crippen LogP contribution in [0.15, 0.2) is 24.3 Å². The molecule has 0 atom stereocenters. The Labute approximate surface area is 114 Å². The number of carbonyl (C=O) groups is 1. The highest BCUT2D eigenvalue weighted by Gasteiger charge is 2.04. The smallest absolute Gasteiger partial charge is 0.172 e. The number of ether oxygens (including phenoxy) is 1. The van der Waals surface area contributed by atoms with Gasteiger partial charge in [0.15, 0.2) is 5.78 Å². The Hall–Kier alpha value is -0.0700. The third kappa shape index (κ3) is 5.32. The van der Waals surface area contributed by atoms with Crippen LogP contribution in [0.3, 0.4) is 0 Å². The summed E-state index contributed by atoms with van der Waals surface area (Å²) in [5.74, 6) is 1.74. The molecule has 1 aromatic rings. The van der Waals surface area contributed by atoms with E-state index < -0.39 is 0 Å². The fraction of sp³-hybridized carbons (Fsp3) is 0.417. The highest BCUT2D eigenvalue weighted by Crippen LogP contribution is 2.11. The number of methoxy groups -OCH3 is 1. The van der Waals surface area contributed by atoms with Gasteiger partial charge < -0.3 is 4.74 Å². The van der Waals surface area contributed by atoms with E-state index in [0.717, 1.165) is 27.9 Å². The minimum absolute atomic E-state index is 0.207. The number of rotatable bonds is 7. The third-order valence-corrected chi connectivity index (χ3v) is 3.80. The van der Waals surface area contributed by atoms with Crippen LogP contribution in [0.2, 0.25) is 0 Å². The molecule has 0 spiro atoms. The zero-order valence-corrected chi connectivity index (χ0v) is 12.2. The second-order valence-electron chi connectivity index (χ2n) is 3.33. The summed E-state index contributed by atoms with van der Waals surface area (Å²) in [6.45, 7) is 0.769. The normalized spacial score (nSPS) is 10.4. The van der Waals surface area contributed by atoms with Crippen molar-refractivity contribution in [3.05, 3.63) is 33.4 Å². The fourth-order valence-corrected chi connectivity index (χ4v) is 2.37. The number of ketones is 1. The lowest BCUT2D eigenvalue weighted by molar-refractivity contribution is 0.102. The van der Waals surface area contributed by atoms with Crippen molar-refractivity contribution in [1.29, 1.82) is 0 Å². The summed E-state index contributed by atoms with van der Waals surface area (Å²) in [7, 11) is 1.70. The van der Waals surface area contributed by atoms with E-state index in [0.29, 0.717) is 5.75 Å². The van der Waals surface area contributed by atoms with Crippen LogP contribution in [-0.2, 0) is 4.74 Å². The Morgan fingerprint density at radius 2 is 2.06 bits per heavy atom. The van der Waals surface area contributed by atoms with Gasteiger partial charge in [-0.3, -0.25) is 4.79 Å². The molecule has 0 aliphatic carbocycles. The number of carbonyl (C=O) groups excluding carboxylic acids is 1. The van der Waals surface area contributed by atoms with Crippen LogP contribution in [0.4, 0.5) is 0 Å². The van der Waals surface area contributed by atoms with Crippen molar-refractivity contribution >= 4 is 40.1 Å². The summed E-state index contributed by atoms with van der Waals surface area (Å²) in [4.78, 5) is 11.7. The van der Waals surface area contributed by atoms with E-state index in [1.54, 1.807) is 18.9 Å². The van der Waals surface area contributed by atoms with Gasteiger partial charge in [0.1, 0.15) is 0 Å². The van der Waals surface area contributed by atoms with E-state index >= 15 is 0 Å². The lowest BCUT2D eigenvalue weighted by atomic mass is 10.2. The van der Waals surface area contributed by atoms with Gasteiger partial charge in [0, 0.05) is 22.9 Å². The van der Waals surface area contributed by atoms with Crippen molar-refractivity contribution in [1.82, 2.24) is 0 Å². The standard InChI is InChI=1S/C12H15IO2S/c1-15-7-2-8-16-9-12(14)10-3-5-11(13)6-4-10/h3-6H,2,7-9H2,1H3. The molecular formula is C12H15IO2S. The van der Waals surface area contributed by atoms with Gasteiger partial charge in [0.2, 0.25) is 0 Å². The molecule has 2 nitrogen and oxygen atoms in total. The maximum Gasteiger partial charge on any atom is 0.172 e. The van der Waals surface area contributed by atoms with Crippen LogP contribution in [0.25, 0.3) is 0 Å². The minimum Gasteiger partial charge on any atom is -0.385 e. The van der Waals surface area contributed by atoms with E-state index in [2.05, 4.69) is 22.6 Å². The molecule has 0 unspecified atom stereocenters. The van der Waals surface area contributed by atoms with Crippen molar-refractivity contribution in [2.45, 2.75) is 6.42 Å². The Balaban J connectivity index is 2.27. The number of benzene rings is 1. The molecule has 0 aliphatic heterocycles. The van der Waals surface area contributed by atoms with Gasteiger partial charge >= 0.3 is 0 Å². The van der Waals surface area contributed by atoms with Crippen LogP contribution in [0.1, 0.15) is 16.8 Å². The zero-order valence-electron chi connectivity index (χ0n) is 9.24. The average Bonchev–Trinajstić information content (AvgIpc) is 2.29. The molecule has 16 heavy (non-hydrogen) atoms. The summed E-state index contributed by atoms with van der Waals surface area (Å²) in [6.07, 6.45) is 1.00. The van der Waals surface area contributed by atoms with E-state index in [-0.39, 0.29) is 5.78 Å². The molecular weight excluding hydrogens is 335 g/mol. The molecule has 0 aromatic heterocycles. The molecule has 0 saturated carbocycles. The minimum atomic E-state index is 0.207. The summed E-state index contributed by atoms with van der Waals surface area (Å²) in [5, 5.41) is 0. The van der Waals surface area contributed by atoms with E-state index in [1.165, 1.54) is 0 Å². The third-order valence-electron chi connectivity index (χ3n) is 2.04. The zero-order chi connectivity index (χ0) is 11.8. The number of Topliss-reactive ketones (excluding diaryl/α,β-unsaturated/α-hetero) is 1. The van der Waals surface area contributed by atoms with Gasteiger partial charge in [0.25, 0.3) is 0 Å². The molecule has 1 rings (SSSR count). The first-order chi connectivity index (χ1) is 7.74. The SMILES string of the molecule is COCCCSCC(=O)c1ccc(I)cc1. The lowest BCUT2D eigenvalue weighted by Gasteiger charge is -2.01. The number of hydrogen-bond donors (Lipinski definition) is 0. The first-order valence-electron chi connectivity index (χ1n) is 5.09. The van der Waals surface area contributed by atoms with E-state index in [4.69, 9.17) is 4.74 Å². The van der Waals surface area contributed by atoms with Crippen LogP contribution in [0, 0.1) is 3.57 Å². The van der Waals surface area contributed by atoms with Gasteiger partial charge in [-0.05, 0) is 46.9 Å². The molecule has 0 heterocycles. The van der Waals surface area contributed by atoms with Crippen molar-refractivity contribution in [2.75, 3.05) is 25.2 Å². The highest BCUT2D eigenvalue weighted by molar-refractivity contribution is 14.1. The molecule has 0 amide bonds. The lowest BCUT2D eigenvalue weighted by Crippen LogP contribution is -2.03. The molecule has 0 fully saturated rings. The van der Waals surface area contributed by atoms with Gasteiger partial charge in [0.05, 0.1) is 5.75 Å². The Morgan fingerprint density at radius 1 is 1.38 bits per heavy atom. The molecule has 1 aromatic carbocycles.